The Morgan fingerprint density at radius 1 is 1.37 bits per heavy atom. The van der Waals surface area contributed by atoms with E-state index in [1.807, 2.05) is 0 Å². The molecule has 0 saturated heterocycles. The Kier molecular flexibility index (Phi) is 4.20. The molecule has 0 bridgehead atoms. The molecule has 0 saturated carbocycles. The summed E-state index contributed by atoms with van der Waals surface area (Å²) in [6, 6.07) is 6.20. The van der Waals surface area contributed by atoms with Crippen molar-refractivity contribution in [3.05, 3.63) is 46.8 Å². The van der Waals surface area contributed by atoms with Crippen LogP contribution in [-0.2, 0) is 23.1 Å². The van der Waals surface area contributed by atoms with Crippen LogP contribution in [0.15, 0.2) is 39.9 Å². The van der Waals surface area contributed by atoms with Crippen molar-refractivity contribution in [2.75, 3.05) is 0 Å². The number of rotatable bonds is 5. The largest absolute Gasteiger partial charge is 0.360 e. The highest BCUT2D eigenvalue weighted by atomic mass is 35.5. The second kappa shape index (κ2) is 5.70. The number of halogens is 1. The van der Waals surface area contributed by atoms with Gasteiger partial charge in [-0.1, -0.05) is 22.8 Å². The van der Waals surface area contributed by atoms with Gasteiger partial charge in [0.05, 0.1) is 17.8 Å². The molecule has 0 unspecified atom stereocenters. The summed E-state index contributed by atoms with van der Waals surface area (Å²) in [7, 11) is -3.72. The minimum atomic E-state index is -3.72. The van der Waals surface area contributed by atoms with Gasteiger partial charge in [-0.05, 0) is 17.7 Å². The van der Waals surface area contributed by atoms with Gasteiger partial charge in [-0.2, -0.15) is 0 Å². The first-order chi connectivity index (χ1) is 9.03. The summed E-state index contributed by atoms with van der Waals surface area (Å²) in [6.07, 6.45) is 1.44. The summed E-state index contributed by atoms with van der Waals surface area (Å²) in [5.41, 5.74) is 6.17. The molecule has 1 aromatic heterocycles. The number of nitrogens with one attached hydrogen (secondary N) is 1. The number of hydrogen-bond acceptors (Lipinski definition) is 5. The van der Waals surface area contributed by atoms with E-state index in [4.69, 9.17) is 21.9 Å². The third-order valence-electron chi connectivity index (χ3n) is 2.45. The van der Waals surface area contributed by atoms with E-state index in [9.17, 15) is 8.42 Å². The smallest absolute Gasteiger partial charge is 0.242 e. The third kappa shape index (κ3) is 3.32. The van der Waals surface area contributed by atoms with Crippen LogP contribution in [0.2, 0.25) is 5.02 Å². The number of nitrogens with two attached hydrogens (primary N) is 1. The van der Waals surface area contributed by atoms with E-state index in [1.54, 1.807) is 12.1 Å². The van der Waals surface area contributed by atoms with Crippen molar-refractivity contribution < 1.29 is 12.9 Å². The van der Waals surface area contributed by atoms with Crippen molar-refractivity contribution in [2.45, 2.75) is 18.0 Å². The molecule has 1 aromatic carbocycles. The first-order valence-electron chi connectivity index (χ1n) is 5.40. The Morgan fingerprint density at radius 3 is 2.79 bits per heavy atom. The van der Waals surface area contributed by atoms with Crippen molar-refractivity contribution >= 4 is 21.6 Å². The van der Waals surface area contributed by atoms with Crippen LogP contribution in [0.5, 0.6) is 0 Å². The van der Waals surface area contributed by atoms with Crippen LogP contribution in [0.3, 0.4) is 0 Å². The SMILES string of the molecule is NCc1ccc(Cl)c(S(=O)(=O)NCc2ccno2)c1. The quantitative estimate of drug-likeness (QED) is 0.866. The lowest BCUT2D eigenvalue weighted by atomic mass is 10.2. The highest BCUT2D eigenvalue weighted by molar-refractivity contribution is 7.89. The molecule has 0 radical (unpaired) electrons. The first kappa shape index (κ1) is 14.0. The molecule has 6 nitrogen and oxygen atoms in total. The maximum absolute atomic E-state index is 12.1. The lowest BCUT2D eigenvalue weighted by Crippen LogP contribution is -2.23. The van der Waals surface area contributed by atoms with Gasteiger partial charge in [-0.25, -0.2) is 13.1 Å². The Balaban J connectivity index is 2.23. The van der Waals surface area contributed by atoms with E-state index in [-0.39, 0.29) is 23.0 Å². The number of aromatic nitrogens is 1. The number of benzene rings is 1. The fourth-order valence-corrected chi connectivity index (χ4v) is 3.00. The van der Waals surface area contributed by atoms with Gasteiger partial charge >= 0.3 is 0 Å². The van der Waals surface area contributed by atoms with E-state index in [2.05, 4.69) is 9.88 Å². The summed E-state index contributed by atoms with van der Waals surface area (Å²) >= 11 is 5.90. The molecule has 0 spiro atoms. The predicted octanol–water partition coefficient (Wildman–Crippen LogP) is 1.27. The molecule has 0 aliphatic rings. The van der Waals surface area contributed by atoms with Gasteiger partial charge < -0.3 is 10.3 Å². The van der Waals surface area contributed by atoms with Crippen LogP contribution in [0.4, 0.5) is 0 Å². The minimum absolute atomic E-state index is 0.00312. The summed E-state index contributed by atoms with van der Waals surface area (Å²) in [4.78, 5) is -0.00312. The zero-order valence-electron chi connectivity index (χ0n) is 9.84. The van der Waals surface area contributed by atoms with Crippen LogP contribution < -0.4 is 10.5 Å². The maximum atomic E-state index is 12.1. The van der Waals surface area contributed by atoms with Crippen LogP contribution in [0, 0.1) is 0 Å². The standard InChI is InChI=1S/C11H12ClN3O3S/c12-10-2-1-8(6-13)5-11(10)19(16,17)15-7-9-3-4-14-18-9/h1-5,15H,6-7,13H2. The highest BCUT2D eigenvalue weighted by Gasteiger charge is 2.18. The molecular formula is C11H12ClN3O3S. The molecule has 1 heterocycles. The molecule has 0 aliphatic carbocycles. The van der Waals surface area contributed by atoms with Crippen molar-refractivity contribution in [1.82, 2.24) is 9.88 Å². The number of nitrogens with zero attached hydrogens (tertiary/aromatic N) is 1. The Labute approximate surface area is 115 Å². The van der Waals surface area contributed by atoms with Gasteiger partial charge in [0.15, 0.2) is 5.76 Å². The van der Waals surface area contributed by atoms with E-state index >= 15 is 0 Å². The minimum Gasteiger partial charge on any atom is -0.360 e. The average Bonchev–Trinajstić information content (AvgIpc) is 2.90. The summed E-state index contributed by atoms with van der Waals surface area (Å²) in [5, 5.41) is 3.63. The zero-order valence-corrected chi connectivity index (χ0v) is 11.4. The van der Waals surface area contributed by atoms with Crippen molar-refractivity contribution in [3.63, 3.8) is 0 Å². The second-order valence-corrected chi connectivity index (χ2v) is 5.91. The van der Waals surface area contributed by atoms with E-state index in [1.165, 1.54) is 18.3 Å². The van der Waals surface area contributed by atoms with Crippen molar-refractivity contribution in [3.8, 4) is 0 Å². The number of sulfonamides is 1. The molecule has 0 aliphatic heterocycles. The lowest BCUT2D eigenvalue weighted by Gasteiger charge is -2.08. The lowest BCUT2D eigenvalue weighted by molar-refractivity contribution is 0.380. The summed E-state index contributed by atoms with van der Waals surface area (Å²) in [6.45, 7) is 0.243. The molecule has 0 atom stereocenters. The molecule has 0 fully saturated rings. The fraction of sp³-hybridized carbons (Fsp3) is 0.182. The topological polar surface area (TPSA) is 98.2 Å². The van der Waals surface area contributed by atoms with Gasteiger partial charge in [0.2, 0.25) is 10.0 Å². The fourth-order valence-electron chi connectivity index (χ4n) is 1.46. The van der Waals surface area contributed by atoms with Gasteiger partial charge in [0, 0.05) is 12.6 Å². The van der Waals surface area contributed by atoms with E-state index in [0.29, 0.717) is 11.3 Å². The average molecular weight is 302 g/mol. The number of hydrogen-bond donors (Lipinski definition) is 2. The van der Waals surface area contributed by atoms with E-state index < -0.39 is 10.0 Å². The molecule has 8 heteroatoms. The van der Waals surface area contributed by atoms with Gasteiger partial charge in [0.1, 0.15) is 4.90 Å². The van der Waals surface area contributed by atoms with Gasteiger partial charge in [-0.3, -0.25) is 0 Å². The molecule has 19 heavy (non-hydrogen) atoms. The van der Waals surface area contributed by atoms with Crippen molar-refractivity contribution in [2.24, 2.45) is 5.73 Å². The van der Waals surface area contributed by atoms with Crippen molar-refractivity contribution in [1.29, 1.82) is 0 Å². The second-order valence-electron chi connectivity index (χ2n) is 3.77. The predicted molar refractivity (Wildman–Crippen MR) is 69.9 cm³/mol. The van der Waals surface area contributed by atoms with Gasteiger partial charge in [0.25, 0.3) is 0 Å². The monoisotopic (exact) mass is 301 g/mol. The van der Waals surface area contributed by atoms with Crippen LogP contribution in [0.1, 0.15) is 11.3 Å². The van der Waals surface area contributed by atoms with Crippen LogP contribution in [0.25, 0.3) is 0 Å². The maximum Gasteiger partial charge on any atom is 0.242 e. The molecular weight excluding hydrogens is 290 g/mol. The zero-order chi connectivity index (χ0) is 13.9. The normalized spacial score (nSPS) is 11.7. The first-order valence-corrected chi connectivity index (χ1v) is 7.27. The molecule has 2 rings (SSSR count). The summed E-state index contributed by atoms with van der Waals surface area (Å²) < 4.78 is 31.4. The molecule has 102 valence electrons. The highest BCUT2D eigenvalue weighted by Crippen LogP contribution is 2.22. The van der Waals surface area contributed by atoms with Crippen LogP contribution in [-0.4, -0.2) is 13.6 Å². The summed E-state index contributed by atoms with van der Waals surface area (Å²) in [5.74, 6) is 0.412. The Bertz CT molecular complexity index is 656. The molecule has 3 N–H and O–H groups in total. The van der Waals surface area contributed by atoms with E-state index in [0.717, 1.165) is 0 Å². The van der Waals surface area contributed by atoms with Crippen LogP contribution >= 0.6 is 11.6 Å². The van der Waals surface area contributed by atoms with Gasteiger partial charge in [-0.15, -0.1) is 0 Å². The third-order valence-corrected chi connectivity index (χ3v) is 4.33. The molecule has 2 aromatic rings. The Morgan fingerprint density at radius 2 is 2.16 bits per heavy atom. The molecule has 0 amide bonds. The Hall–Kier alpha value is -1.41.